The van der Waals surface area contributed by atoms with E-state index >= 15 is 0 Å². The van der Waals surface area contributed by atoms with Crippen LogP contribution >= 0.6 is 0 Å². The molecule has 0 heterocycles. The number of benzene rings is 2. The van der Waals surface area contributed by atoms with E-state index in [4.69, 9.17) is 4.74 Å². The normalized spacial score (nSPS) is 11.8. The van der Waals surface area contributed by atoms with Gasteiger partial charge < -0.3 is 15.4 Å². The van der Waals surface area contributed by atoms with Gasteiger partial charge in [-0.3, -0.25) is 9.59 Å². The van der Waals surface area contributed by atoms with E-state index in [-0.39, 0.29) is 24.1 Å². The molecular formula is C20H21FN2O3. The first kappa shape index (κ1) is 19.2. The molecule has 0 radical (unpaired) electrons. The molecule has 2 N–H and O–H groups in total. The molecular weight excluding hydrogens is 335 g/mol. The average Bonchev–Trinajstić information content (AvgIpc) is 2.65. The van der Waals surface area contributed by atoms with Crippen molar-refractivity contribution in [1.29, 1.82) is 0 Å². The van der Waals surface area contributed by atoms with Crippen LogP contribution in [-0.2, 0) is 9.59 Å². The van der Waals surface area contributed by atoms with E-state index in [1.165, 1.54) is 25.3 Å². The Morgan fingerprint density at radius 3 is 2.58 bits per heavy atom. The van der Waals surface area contributed by atoms with E-state index in [1.54, 1.807) is 19.1 Å². The highest BCUT2D eigenvalue weighted by Gasteiger charge is 2.12. The zero-order chi connectivity index (χ0) is 18.9. The molecule has 0 saturated carbocycles. The number of carbonyl (C=O) groups is 2. The third kappa shape index (κ3) is 5.73. The van der Waals surface area contributed by atoms with Crippen molar-refractivity contribution in [2.75, 3.05) is 13.7 Å². The maximum atomic E-state index is 13.7. The maximum absolute atomic E-state index is 13.7. The molecule has 0 aromatic heterocycles. The van der Waals surface area contributed by atoms with Crippen molar-refractivity contribution in [3.05, 3.63) is 71.6 Å². The Labute approximate surface area is 151 Å². The first-order valence-electron chi connectivity index (χ1n) is 8.13. The smallest absolute Gasteiger partial charge is 0.244 e. The van der Waals surface area contributed by atoms with Gasteiger partial charge in [-0.05, 0) is 36.3 Å². The molecule has 5 nitrogen and oxygen atoms in total. The molecule has 2 amide bonds. The Hall–Kier alpha value is -3.15. The average molecular weight is 356 g/mol. The lowest BCUT2D eigenvalue weighted by Gasteiger charge is -2.15. The summed E-state index contributed by atoms with van der Waals surface area (Å²) in [5, 5.41) is 5.21. The quantitative estimate of drug-likeness (QED) is 0.750. The molecule has 0 aliphatic rings. The first-order valence-corrected chi connectivity index (χ1v) is 8.13. The van der Waals surface area contributed by atoms with Gasteiger partial charge in [0.25, 0.3) is 0 Å². The van der Waals surface area contributed by atoms with Gasteiger partial charge in [-0.15, -0.1) is 0 Å². The third-order valence-electron chi connectivity index (χ3n) is 3.70. The number of rotatable bonds is 7. The fourth-order valence-electron chi connectivity index (χ4n) is 2.29. The van der Waals surface area contributed by atoms with E-state index in [1.807, 2.05) is 30.3 Å². The highest BCUT2D eigenvalue weighted by molar-refractivity contribution is 5.94. The van der Waals surface area contributed by atoms with E-state index in [9.17, 15) is 14.0 Å². The predicted octanol–water partition coefficient (Wildman–Crippen LogP) is 2.84. The maximum Gasteiger partial charge on any atom is 0.244 e. The van der Waals surface area contributed by atoms with Gasteiger partial charge in [-0.2, -0.15) is 0 Å². The number of nitrogens with one attached hydrogen (secondary N) is 2. The molecule has 0 aliphatic carbocycles. The second kappa shape index (κ2) is 9.36. The molecule has 2 aromatic rings. The lowest BCUT2D eigenvalue weighted by Crippen LogP contribution is -2.37. The fraction of sp³-hybridized carbons (Fsp3) is 0.200. The number of ether oxygens (including phenoxy) is 1. The Bertz CT molecular complexity index is 791. The van der Waals surface area contributed by atoms with Gasteiger partial charge in [0.1, 0.15) is 0 Å². The fourth-order valence-corrected chi connectivity index (χ4v) is 2.29. The van der Waals surface area contributed by atoms with Gasteiger partial charge in [0.05, 0.1) is 19.7 Å². The van der Waals surface area contributed by atoms with Crippen LogP contribution in [0.2, 0.25) is 0 Å². The molecule has 0 bridgehead atoms. The van der Waals surface area contributed by atoms with E-state index in [0.29, 0.717) is 5.56 Å². The number of hydrogen-bond acceptors (Lipinski definition) is 3. The first-order chi connectivity index (χ1) is 12.5. The van der Waals surface area contributed by atoms with Crippen molar-refractivity contribution < 1.29 is 18.7 Å². The number of carbonyl (C=O) groups excluding carboxylic acids is 2. The van der Waals surface area contributed by atoms with Gasteiger partial charge in [-0.1, -0.05) is 36.4 Å². The van der Waals surface area contributed by atoms with Gasteiger partial charge in [0, 0.05) is 6.08 Å². The lowest BCUT2D eigenvalue weighted by molar-refractivity contribution is -0.124. The summed E-state index contributed by atoms with van der Waals surface area (Å²) in [6.07, 6.45) is 3.03. The largest absolute Gasteiger partial charge is 0.494 e. The Morgan fingerprint density at radius 1 is 1.19 bits per heavy atom. The van der Waals surface area contributed by atoms with Crippen molar-refractivity contribution in [3.8, 4) is 5.75 Å². The number of halogens is 1. The van der Waals surface area contributed by atoms with Gasteiger partial charge in [0.15, 0.2) is 11.6 Å². The topological polar surface area (TPSA) is 67.4 Å². The standard InChI is InChI=1S/C20H21FN2O3/c1-14(16-9-10-18(26-2)17(21)12-16)23-20(25)13-22-19(24)11-8-15-6-4-3-5-7-15/h3-12,14H,13H2,1-2H3,(H,22,24)(H,23,25)/b11-8+/t14-/m0/s1. The summed E-state index contributed by atoms with van der Waals surface area (Å²) >= 11 is 0. The van der Waals surface area contributed by atoms with Crippen molar-refractivity contribution in [1.82, 2.24) is 10.6 Å². The summed E-state index contributed by atoms with van der Waals surface area (Å²) in [6, 6.07) is 13.4. The second-order valence-electron chi connectivity index (χ2n) is 5.65. The van der Waals surface area contributed by atoms with Crippen molar-refractivity contribution >= 4 is 17.9 Å². The zero-order valence-electron chi connectivity index (χ0n) is 14.7. The predicted molar refractivity (Wildman–Crippen MR) is 98.0 cm³/mol. The van der Waals surface area contributed by atoms with Crippen LogP contribution in [0.25, 0.3) is 6.08 Å². The molecule has 0 saturated heterocycles. The van der Waals surface area contributed by atoms with Crippen LogP contribution in [-0.4, -0.2) is 25.5 Å². The highest BCUT2D eigenvalue weighted by atomic mass is 19.1. The molecule has 26 heavy (non-hydrogen) atoms. The van der Waals surface area contributed by atoms with Crippen LogP contribution in [0, 0.1) is 5.82 Å². The van der Waals surface area contributed by atoms with Crippen LogP contribution in [0.15, 0.2) is 54.6 Å². The van der Waals surface area contributed by atoms with Gasteiger partial charge >= 0.3 is 0 Å². The molecule has 136 valence electrons. The Morgan fingerprint density at radius 2 is 1.92 bits per heavy atom. The summed E-state index contributed by atoms with van der Waals surface area (Å²) in [7, 11) is 1.39. The van der Waals surface area contributed by atoms with Crippen molar-refractivity contribution in [3.63, 3.8) is 0 Å². The number of methoxy groups -OCH3 is 1. The molecule has 1 atom stereocenters. The Balaban J connectivity index is 1.81. The van der Waals surface area contributed by atoms with Gasteiger partial charge in [-0.25, -0.2) is 4.39 Å². The van der Waals surface area contributed by atoms with E-state index < -0.39 is 11.9 Å². The summed E-state index contributed by atoms with van der Waals surface area (Å²) in [6.45, 7) is 1.57. The zero-order valence-corrected chi connectivity index (χ0v) is 14.7. The summed E-state index contributed by atoms with van der Waals surface area (Å²) in [5.74, 6) is -1.09. The monoisotopic (exact) mass is 356 g/mol. The molecule has 0 spiro atoms. The van der Waals surface area contributed by atoms with E-state index in [0.717, 1.165) is 5.56 Å². The third-order valence-corrected chi connectivity index (χ3v) is 3.70. The summed E-state index contributed by atoms with van der Waals surface area (Å²) in [5.41, 5.74) is 1.49. The number of hydrogen-bond donors (Lipinski definition) is 2. The number of amides is 2. The minimum atomic E-state index is -0.495. The van der Waals surface area contributed by atoms with Crippen LogP contribution in [0.4, 0.5) is 4.39 Å². The van der Waals surface area contributed by atoms with Crippen LogP contribution in [0.5, 0.6) is 5.75 Å². The minimum absolute atomic E-state index is 0.143. The molecule has 6 heteroatoms. The molecule has 2 aromatic carbocycles. The van der Waals surface area contributed by atoms with E-state index in [2.05, 4.69) is 10.6 Å². The minimum Gasteiger partial charge on any atom is -0.494 e. The molecule has 2 rings (SSSR count). The molecule has 0 fully saturated rings. The molecule has 0 aliphatic heterocycles. The van der Waals surface area contributed by atoms with Crippen LogP contribution in [0.1, 0.15) is 24.1 Å². The Kier molecular flexibility index (Phi) is 6.91. The SMILES string of the molecule is COc1ccc([C@H](C)NC(=O)CNC(=O)/C=C/c2ccccc2)cc1F. The van der Waals surface area contributed by atoms with Crippen molar-refractivity contribution in [2.45, 2.75) is 13.0 Å². The molecule has 0 unspecified atom stereocenters. The van der Waals surface area contributed by atoms with Crippen molar-refractivity contribution in [2.24, 2.45) is 0 Å². The highest BCUT2D eigenvalue weighted by Crippen LogP contribution is 2.21. The lowest BCUT2D eigenvalue weighted by atomic mass is 10.1. The summed E-state index contributed by atoms with van der Waals surface area (Å²) < 4.78 is 18.6. The summed E-state index contributed by atoms with van der Waals surface area (Å²) in [4.78, 5) is 23.7. The van der Waals surface area contributed by atoms with Gasteiger partial charge in [0.2, 0.25) is 11.8 Å². The van der Waals surface area contributed by atoms with Crippen LogP contribution < -0.4 is 15.4 Å². The van der Waals surface area contributed by atoms with Crippen LogP contribution in [0.3, 0.4) is 0 Å². The second-order valence-corrected chi connectivity index (χ2v) is 5.65.